The highest BCUT2D eigenvalue weighted by Crippen LogP contribution is 2.55. The molecule has 0 unspecified atom stereocenters. The molecule has 0 aromatic rings. The molecule has 0 bridgehead atoms. The summed E-state index contributed by atoms with van der Waals surface area (Å²) in [7, 11) is 0. The molecule has 0 spiro atoms. The van der Waals surface area contributed by atoms with Gasteiger partial charge in [0.1, 0.15) is 0 Å². The third kappa shape index (κ3) is 2.00. The van der Waals surface area contributed by atoms with Crippen LogP contribution in [0.1, 0.15) is 53.4 Å². The summed E-state index contributed by atoms with van der Waals surface area (Å²) in [6, 6.07) is 0. The Morgan fingerprint density at radius 2 is 1.70 bits per heavy atom. The molecular formula is C10H20. The van der Waals surface area contributed by atoms with Crippen LogP contribution in [0.25, 0.3) is 0 Å². The predicted molar refractivity (Wildman–Crippen MR) is 46.0 cm³/mol. The minimum atomic E-state index is 0.548. The van der Waals surface area contributed by atoms with Crippen molar-refractivity contribution in [2.24, 2.45) is 10.8 Å². The van der Waals surface area contributed by atoms with Gasteiger partial charge in [0.15, 0.2) is 0 Å². The molecule has 10 heavy (non-hydrogen) atoms. The summed E-state index contributed by atoms with van der Waals surface area (Å²) in [5.74, 6) is 0. The SMILES string of the molecule is CCC1(CC(C)(C)C)CC1. The van der Waals surface area contributed by atoms with Crippen LogP contribution in [0.3, 0.4) is 0 Å². The molecule has 0 radical (unpaired) electrons. The van der Waals surface area contributed by atoms with Crippen LogP contribution >= 0.6 is 0 Å². The molecule has 1 saturated carbocycles. The van der Waals surface area contributed by atoms with Crippen LogP contribution in [0.15, 0.2) is 0 Å². The molecule has 1 aliphatic carbocycles. The second-order valence-electron chi connectivity index (χ2n) is 5.09. The second kappa shape index (κ2) is 2.25. The minimum Gasteiger partial charge on any atom is -0.0649 e. The van der Waals surface area contributed by atoms with Crippen LogP contribution in [-0.4, -0.2) is 0 Å². The number of hydrogen-bond donors (Lipinski definition) is 0. The largest absolute Gasteiger partial charge is 0.0649 e. The van der Waals surface area contributed by atoms with E-state index in [1.807, 2.05) is 0 Å². The van der Waals surface area contributed by atoms with Crippen LogP contribution in [0.5, 0.6) is 0 Å². The van der Waals surface area contributed by atoms with Crippen molar-refractivity contribution in [1.82, 2.24) is 0 Å². The van der Waals surface area contributed by atoms with Crippen molar-refractivity contribution in [3.8, 4) is 0 Å². The van der Waals surface area contributed by atoms with E-state index in [1.54, 1.807) is 0 Å². The summed E-state index contributed by atoms with van der Waals surface area (Å²) in [5.41, 5.74) is 1.32. The quantitative estimate of drug-likeness (QED) is 0.549. The Hall–Kier alpha value is 0. The Balaban J connectivity index is 2.38. The van der Waals surface area contributed by atoms with Crippen LogP contribution in [0.2, 0.25) is 0 Å². The third-order valence-electron chi connectivity index (χ3n) is 2.61. The molecule has 60 valence electrons. The van der Waals surface area contributed by atoms with Crippen molar-refractivity contribution in [2.75, 3.05) is 0 Å². The van der Waals surface area contributed by atoms with E-state index in [4.69, 9.17) is 0 Å². The molecule has 0 heteroatoms. The molecule has 0 aliphatic heterocycles. The van der Waals surface area contributed by atoms with E-state index in [1.165, 1.54) is 25.7 Å². The van der Waals surface area contributed by atoms with Gasteiger partial charge in [-0.3, -0.25) is 0 Å². The highest BCUT2D eigenvalue weighted by Gasteiger charge is 2.42. The zero-order valence-corrected chi connectivity index (χ0v) is 7.83. The Labute approximate surface area is 65.0 Å². The molecule has 0 nitrogen and oxygen atoms in total. The molecule has 0 aromatic carbocycles. The lowest BCUT2D eigenvalue weighted by Crippen LogP contribution is -2.13. The van der Waals surface area contributed by atoms with Gasteiger partial charge in [0, 0.05) is 0 Å². The average Bonchev–Trinajstić information content (AvgIpc) is 2.45. The predicted octanol–water partition coefficient (Wildman–Crippen LogP) is 3.61. The first-order chi connectivity index (χ1) is 4.47. The Morgan fingerprint density at radius 1 is 1.20 bits per heavy atom. The lowest BCUT2D eigenvalue weighted by Gasteiger charge is -2.24. The van der Waals surface area contributed by atoms with Crippen molar-refractivity contribution in [2.45, 2.75) is 53.4 Å². The molecule has 1 fully saturated rings. The van der Waals surface area contributed by atoms with Gasteiger partial charge < -0.3 is 0 Å². The van der Waals surface area contributed by atoms with Crippen molar-refractivity contribution in [3.05, 3.63) is 0 Å². The van der Waals surface area contributed by atoms with Gasteiger partial charge in [0.25, 0.3) is 0 Å². The molecule has 0 N–H and O–H groups in total. The fraction of sp³-hybridized carbons (Fsp3) is 1.00. The van der Waals surface area contributed by atoms with Gasteiger partial charge >= 0.3 is 0 Å². The zero-order chi connectivity index (χ0) is 7.83. The standard InChI is InChI=1S/C10H20/c1-5-10(6-7-10)8-9(2,3)4/h5-8H2,1-4H3. The highest BCUT2D eigenvalue weighted by molar-refractivity contribution is 4.94. The molecule has 0 saturated heterocycles. The summed E-state index contributed by atoms with van der Waals surface area (Å²) in [5, 5.41) is 0. The monoisotopic (exact) mass is 140 g/mol. The van der Waals surface area contributed by atoms with Crippen molar-refractivity contribution < 1.29 is 0 Å². The topological polar surface area (TPSA) is 0 Å². The first-order valence-electron chi connectivity index (χ1n) is 4.47. The van der Waals surface area contributed by atoms with E-state index in [-0.39, 0.29) is 0 Å². The fourth-order valence-corrected chi connectivity index (χ4v) is 1.96. The highest BCUT2D eigenvalue weighted by atomic mass is 14.5. The fourth-order valence-electron chi connectivity index (χ4n) is 1.96. The van der Waals surface area contributed by atoms with Crippen LogP contribution in [-0.2, 0) is 0 Å². The lowest BCUT2D eigenvalue weighted by molar-refractivity contribution is 0.271. The normalized spacial score (nSPS) is 22.8. The molecule has 1 aliphatic rings. The Morgan fingerprint density at radius 3 is 1.80 bits per heavy atom. The van der Waals surface area contributed by atoms with Crippen molar-refractivity contribution >= 4 is 0 Å². The molecule has 0 heterocycles. The Kier molecular flexibility index (Phi) is 1.82. The molecule has 0 atom stereocenters. The van der Waals surface area contributed by atoms with Crippen LogP contribution < -0.4 is 0 Å². The van der Waals surface area contributed by atoms with Crippen molar-refractivity contribution in [1.29, 1.82) is 0 Å². The summed E-state index contributed by atoms with van der Waals surface area (Å²) in [6.07, 6.45) is 5.79. The van der Waals surface area contributed by atoms with Crippen LogP contribution in [0.4, 0.5) is 0 Å². The van der Waals surface area contributed by atoms with E-state index in [0.717, 1.165) is 5.41 Å². The van der Waals surface area contributed by atoms with Gasteiger partial charge in [0.2, 0.25) is 0 Å². The van der Waals surface area contributed by atoms with Gasteiger partial charge in [-0.1, -0.05) is 34.1 Å². The molecular weight excluding hydrogens is 120 g/mol. The van der Waals surface area contributed by atoms with E-state index in [2.05, 4.69) is 27.7 Å². The summed E-state index contributed by atoms with van der Waals surface area (Å²) < 4.78 is 0. The molecule has 1 rings (SSSR count). The smallest absolute Gasteiger partial charge is 0.0295 e. The molecule has 0 aromatic heterocycles. The van der Waals surface area contributed by atoms with Gasteiger partial charge in [-0.2, -0.15) is 0 Å². The lowest BCUT2D eigenvalue weighted by atomic mass is 9.81. The summed E-state index contributed by atoms with van der Waals surface area (Å²) >= 11 is 0. The van der Waals surface area contributed by atoms with Gasteiger partial charge in [-0.15, -0.1) is 0 Å². The maximum Gasteiger partial charge on any atom is -0.0295 e. The van der Waals surface area contributed by atoms with E-state index < -0.39 is 0 Å². The summed E-state index contributed by atoms with van der Waals surface area (Å²) in [4.78, 5) is 0. The summed E-state index contributed by atoms with van der Waals surface area (Å²) in [6.45, 7) is 9.38. The van der Waals surface area contributed by atoms with Gasteiger partial charge in [0.05, 0.1) is 0 Å². The van der Waals surface area contributed by atoms with Gasteiger partial charge in [-0.25, -0.2) is 0 Å². The van der Waals surface area contributed by atoms with E-state index in [0.29, 0.717) is 5.41 Å². The van der Waals surface area contributed by atoms with Gasteiger partial charge in [-0.05, 0) is 30.1 Å². The second-order valence-corrected chi connectivity index (χ2v) is 5.09. The molecule has 0 amide bonds. The average molecular weight is 140 g/mol. The minimum absolute atomic E-state index is 0.548. The maximum absolute atomic E-state index is 2.35. The maximum atomic E-state index is 2.35. The third-order valence-corrected chi connectivity index (χ3v) is 2.61. The first kappa shape index (κ1) is 8.10. The number of hydrogen-bond acceptors (Lipinski definition) is 0. The van der Waals surface area contributed by atoms with Crippen LogP contribution in [0, 0.1) is 10.8 Å². The number of rotatable bonds is 2. The van der Waals surface area contributed by atoms with Crippen molar-refractivity contribution in [3.63, 3.8) is 0 Å². The zero-order valence-electron chi connectivity index (χ0n) is 7.83. The van der Waals surface area contributed by atoms with E-state index >= 15 is 0 Å². The van der Waals surface area contributed by atoms with E-state index in [9.17, 15) is 0 Å². The first-order valence-corrected chi connectivity index (χ1v) is 4.47. The Bertz CT molecular complexity index is 112.